The van der Waals surface area contributed by atoms with Crippen LogP contribution in [-0.2, 0) is 12.1 Å². The number of carbonyl (C=O) groups is 1. The number of rotatable bonds is 7. The van der Waals surface area contributed by atoms with Gasteiger partial charge in [-0.1, -0.05) is 5.10 Å². The number of halogens is 2. The molecular weight excluding hydrogens is 478 g/mol. The number of benzene rings is 1. The summed E-state index contributed by atoms with van der Waals surface area (Å²) in [5, 5.41) is 7.81. The van der Waals surface area contributed by atoms with Gasteiger partial charge in [0.15, 0.2) is 23.1 Å². The summed E-state index contributed by atoms with van der Waals surface area (Å²) in [4.78, 5) is 22.6. The molecule has 0 radical (unpaired) electrons. The van der Waals surface area contributed by atoms with Gasteiger partial charge < -0.3 is 14.2 Å². The van der Waals surface area contributed by atoms with Gasteiger partial charge in [-0.15, -0.1) is 0 Å². The van der Waals surface area contributed by atoms with E-state index in [1.807, 2.05) is 0 Å². The number of ether oxygens (including phenoxy) is 2. The summed E-state index contributed by atoms with van der Waals surface area (Å²) >= 11 is 1.45. The van der Waals surface area contributed by atoms with E-state index in [0.29, 0.717) is 29.2 Å². The molecule has 0 unspecified atom stereocenters. The summed E-state index contributed by atoms with van der Waals surface area (Å²) in [6.07, 6.45) is 7.74. The highest BCUT2D eigenvalue weighted by atomic mass is 32.2. The van der Waals surface area contributed by atoms with Gasteiger partial charge in [0, 0.05) is 22.6 Å². The quantitative estimate of drug-likeness (QED) is 0.453. The number of pyridine rings is 1. The van der Waals surface area contributed by atoms with Crippen molar-refractivity contribution in [3.05, 3.63) is 59.6 Å². The highest BCUT2D eigenvalue weighted by Gasteiger charge is 2.53. The molecule has 9 nitrogen and oxygen atoms in total. The van der Waals surface area contributed by atoms with Crippen LogP contribution in [-0.4, -0.2) is 36.4 Å². The molecular formula is C23H20F2N6O3S. The molecule has 180 valence electrons. The molecule has 2 fully saturated rings. The minimum atomic E-state index is -0.826. The summed E-state index contributed by atoms with van der Waals surface area (Å²) in [5.74, 6) is -1.58. The van der Waals surface area contributed by atoms with Crippen LogP contribution in [0.5, 0.6) is 17.5 Å². The molecule has 6 rings (SSSR count). The van der Waals surface area contributed by atoms with Gasteiger partial charge in [0.2, 0.25) is 5.82 Å². The monoisotopic (exact) mass is 498 g/mol. The third-order valence-electron chi connectivity index (χ3n) is 6.48. The maximum Gasteiger partial charge on any atom is 0.416 e. The van der Waals surface area contributed by atoms with Crippen molar-refractivity contribution in [2.45, 2.75) is 49.4 Å². The molecule has 3 heterocycles. The highest BCUT2D eigenvalue weighted by Crippen LogP contribution is 2.54. The van der Waals surface area contributed by atoms with Crippen LogP contribution in [0.15, 0.2) is 36.8 Å². The fourth-order valence-corrected chi connectivity index (χ4v) is 5.16. The largest absolute Gasteiger partial charge is 0.420 e. The number of nitrogens with zero attached hydrogens (tertiary/aromatic N) is 5. The van der Waals surface area contributed by atoms with Crippen LogP contribution in [0.25, 0.3) is 0 Å². The van der Waals surface area contributed by atoms with Gasteiger partial charge in [-0.2, -0.15) is 9.49 Å². The molecule has 0 saturated heterocycles. The van der Waals surface area contributed by atoms with E-state index >= 15 is 8.78 Å². The zero-order chi connectivity index (χ0) is 24.0. The lowest BCUT2D eigenvalue weighted by Crippen LogP contribution is -2.57. The lowest BCUT2D eigenvalue weighted by Gasteiger charge is -2.52. The van der Waals surface area contributed by atoms with Gasteiger partial charge >= 0.3 is 12.1 Å². The molecule has 1 amide bonds. The normalized spacial score (nSPS) is 18.0. The van der Waals surface area contributed by atoms with Crippen LogP contribution >= 0.6 is 11.9 Å². The van der Waals surface area contributed by atoms with Gasteiger partial charge in [-0.3, -0.25) is 4.90 Å². The SMILES string of the molecule is O=C1Oc2c(ccc(Oc3nccnn3)c2F)C2(CCC2)N1Cc1ccnc(NSC2CC2)c1F. The third kappa shape index (κ3) is 3.91. The minimum absolute atomic E-state index is 0.0290. The second kappa shape index (κ2) is 8.59. The number of amides is 1. The Morgan fingerprint density at radius 2 is 2.00 bits per heavy atom. The zero-order valence-electron chi connectivity index (χ0n) is 18.4. The Morgan fingerprint density at radius 3 is 2.71 bits per heavy atom. The lowest BCUT2D eigenvalue weighted by molar-refractivity contribution is -0.000313. The summed E-state index contributed by atoms with van der Waals surface area (Å²) < 4.78 is 44.4. The Balaban J connectivity index is 1.30. The Kier molecular flexibility index (Phi) is 5.39. The molecule has 0 atom stereocenters. The fourth-order valence-electron chi connectivity index (χ4n) is 4.37. The first-order chi connectivity index (χ1) is 17.0. The lowest BCUT2D eigenvalue weighted by atomic mass is 9.69. The standard InChI is InChI=1S/C23H20F2N6O3S/c24-17-13(6-9-26-20(17)30-35-14-2-3-14)12-31-22(32)34-19-15(23(31)7-1-8-23)4-5-16(18(19)25)33-21-27-10-11-28-29-21/h4-6,9-11,14H,1-3,7-8,12H2,(H,26,30). The molecule has 1 N–H and O–H groups in total. The molecule has 1 aromatic carbocycles. The van der Waals surface area contributed by atoms with E-state index in [1.54, 1.807) is 12.1 Å². The minimum Gasteiger partial charge on any atom is -0.420 e. The highest BCUT2D eigenvalue weighted by molar-refractivity contribution is 8.01. The van der Waals surface area contributed by atoms with Crippen molar-refractivity contribution in [1.29, 1.82) is 0 Å². The van der Waals surface area contributed by atoms with Gasteiger partial charge in [-0.05, 0) is 62.3 Å². The van der Waals surface area contributed by atoms with Gasteiger partial charge in [0.25, 0.3) is 0 Å². The van der Waals surface area contributed by atoms with Crippen molar-refractivity contribution in [3.8, 4) is 17.5 Å². The number of aromatic nitrogens is 4. The van der Waals surface area contributed by atoms with Crippen LogP contribution < -0.4 is 14.2 Å². The van der Waals surface area contributed by atoms with E-state index in [-0.39, 0.29) is 29.9 Å². The van der Waals surface area contributed by atoms with Crippen LogP contribution in [0, 0.1) is 11.6 Å². The predicted molar refractivity (Wildman–Crippen MR) is 122 cm³/mol. The first-order valence-corrected chi connectivity index (χ1v) is 12.1. The molecule has 1 spiro atoms. The number of anilines is 1. The van der Waals surface area contributed by atoms with Gasteiger partial charge in [0.05, 0.1) is 24.5 Å². The van der Waals surface area contributed by atoms with E-state index in [9.17, 15) is 4.79 Å². The van der Waals surface area contributed by atoms with E-state index in [1.165, 1.54) is 41.5 Å². The fraction of sp³-hybridized carbons (Fsp3) is 0.348. The Labute approximate surface area is 203 Å². The van der Waals surface area contributed by atoms with Crippen LogP contribution in [0.4, 0.5) is 19.4 Å². The van der Waals surface area contributed by atoms with Crippen molar-refractivity contribution in [3.63, 3.8) is 0 Å². The topological polar surface area (TPSA) is 102 Å². The van der Waals surface area contributed by atoms with E-state index in [4.69, 9.17) is 9.47 Å². The first-order valence-electron chi connectivity index (χ1n) is 11.2. The number of hydrogen-bond donors (Lipinski definition) is 1. The average molecular weight is 499 g/mol. The average Bonchev–Trinajstić information content (AvgIpc) is 3.66. The van der Waals surface area contributed by atoms with Crippen molar-refractivity contribution in [2.75, 3.05) is 4.72 Å². The third-order valence-corrected chi connectivity index (χ3v) is 7.59. The maximum atomic E-state index is 15.4. The number of fused-ring (bicyclic) bond motifs is 2. The molecule has 3 aliphatic rings. The molecule has 2 saturated carbocycles. The van der Waals surface area contributed by atoms with Crippen molar-refractivity contribution < 1.29 is 23.0 Å². The number of hydrogen-bond acceptors (Lipinski definition) is 9. The molecule has 12 heteroatoms. The van der Waals surface area contributed by atoms with Crippen molar-refractivity contribution in [2.24, 2.45) is 0 Å². The zero-order valence-corrected chi connectivity index (χ0v) is 19.2. The second-order valence-corrected chi connectivity index (χ2v) is 9.78. The molecule has 0 bridgehead atoms. The number of carbonyl (C=O) groups excluding carboxylic acids is 1. The van der Waals surface area contributed by atoms with E-state index in [2.05, 4.69) is 24.9 Å². The van der Waals surface area contributed by atoms with Crippen LogP contribution in [0.1, 0.15) is 43.2 Å². The molecule has 3 aromatic rings. The second-order valence-electron chi connectivity index (χ2n) is 8.67. The molecule has 35 heavy (non-hydrogen) atoms. The molecule has 1 aliphatic heterocycles. The van der Waals surface area contributed by atoms with E-state index < -0.39 is 23.3 Å². The Morgan fingerprint density at radius 1 is 1.14 bits per heavy atom. The van der Waals surface area contributed by atoms with Gasteiger partial charge in [-0.25, -0.2) is 19.2 Å². The Hall–Kier alpha value is -3.54. The van der Waals surface area contributed by atoms with Crippen molar-refractivity contribution >= 4 is 23.9 Å². The molecule has 2 aliphatic carbocycles. The first kappa shape index (κ1) is 22.0. The summed E-state index contributed by atoms with van der Waals surface area (Å²) in [7, 11) is 0. The van der Waals surface area contributed by atoms with Crippen LogP contribution in [0.3, 0.4) is 0 Å². The van der Waals surface area contributed by atoms with Crippen molar-refractivity contribution in [1.82, 2.24) is 25.1 Å². The Bertz CT molecular complexity index is 1290. The number of nitrogens with one attached hydrogen (secondary N) is 1. The van der Waals surface area contributed by atoms with Crippen LogP contribution in [0.2, 0.25) is 0 Å². The predicted octanol–water partition coefficient (Wildman–Crippen LogP) is 4.95. The molecule has 2 aromatic heterocycles. The summed E-state index contributed by atoms with van der Waals surface area (Å²) in [6, 6.07) is 4.53. The van der Waals surface area contributed by atoms with Gasteiger partial charge in [0.1, 0.15) is 0 Å². The van der Waals surface area contributed by atoms with E-state index in [0.717, 1.165) is 19.3 Å². The summed E-state index contributed by atoms with van der Waals surface area (Å²) in [6.45, 7) is -0.0290. The smallest absolute Gasteiger partial charge is 0.416 e. The maximum absolute atomic E-state index is 15.4. The summed E-state index contributed by atoms with van der Waals surface area (Å²) in [5.41, 5.74) is 0.0399.